The number of likely N-dealkylation sites (N-methyl/N-ethyl adjacent to an activating group) is 1. The van der Waals surface area contributed by atoms with Crippen molar-refractivity contribution in [2.24, 2.45) is 0 Å². The molecule has 134 valence electrons. The average molecular weight is 402 g/mol. The van der Waals surface area contributed by atoms with Gasteiger partial charge >= 0.3 is 5.97 Å². The van der Waals surface area contributed by atoms with Crippen molar-refractivity contribution in [3.05, 3.63) is 22.2 Å². The quantitative estimate of drug-likeness (QED) is 0.643. The highest BCUT2D eigenvalue weighted by atomic mass is 79.9. The number of carbonyl (C=O) groups is 2. The number of hydrogen-bond donors (Lipinski definition) is 1. The third kappa shape index (κ3) is 6.03. The highest BCUT2D eigenvalue weighted by molar-refractivity contribution is 9.10. The van der Waals surface area contributed by atoms with E-state index in [0.717, 1.165) is 4.47 Å². The Morgan fingerprint density at radius 2 is 1.71 bits per heavy atom. The molecule has 0 aromatic heterocycles. The Balaban J connectivity index is 2.84. The predicted molar refractivity (Wildman–Crippen MR) is 94.4 cm³/mol. The molecular formula is C17H24BrNO5. The molecule has 1 N–H and O–H groups in total. The molecule has 0 saturated carbocycles. The maximum atomic E-state index is 12.1. The minimum absolute atomic E-state index is 0.0246. The zero-order chi connectivity index (χ0) is 18.1. The maximum Gasteiger partial charge on any atom is 0.311 e. The van der Waals surface area contributed by atoms with Crippen LogP contribution >= 0.6 is 15.9 Å². The van der Waals surface area contributed by atoms with E-state index in [-0.39, 0.29) is 12.3 Å². The molecule has 0 unspecified atom stereocenters. The number of amides is 1. The van der Waals surface area contributed by atoms with Gasteiger partial charge in [-0.1, -0.05) is 15.9 Å². The largest absolute Gasteiger partial charge is 0.490 e. The van der Waals surface area contributed by atoms with E-state index in [1.54, 1.807) is 26.0 Å². The molecule has 0 saturated heterocycles. The van der Waals surface area contributed by atoms with Crippen LogP contribution in [0.1, 0.15) is 33.3 Å². The van der Waals surface area contributed by atoms with Gasteiger partial charge in [-0.15, -0.1) is 0 Å². The molecule has 7 heteroatoms. The zero-order valence-electron chi connectivity index (χ0n) is 14.5. The van der Waals surface area contributed by atoms with Crippen molar-refractivity contribution in [2.45, 2.75) is 40.2 Å². The summed E-state index contributed by atoms with van der Waals surface area (Å²) in [5.74, 6) is 0.383. The first kappa shape index (κ1) is 20.3. The van der Waals surface area contributed by atoms with Crippen molar-refractivity contribution in [1.82, 2.24) is 5.32 Å². The SMILES string of the molecule is CCNC(=O)[C@H](C)OC(=O)Cc1cc(OCC)c(OCC)cc1Br. The van der Waals surface area contributed by atoms with Crippen LogP contribution in [0.5, 0.6) is 11.5 Å². The summed E-state index contributed by atoms with van der Waals surface area (Å²) in [6.45, 7) is 8.60. The second-order valence-electron chi connectivity index (χ2n) is 4.96. The molecule has 0 aliphatic rings. The zero-order valence-corrected chi connectivity index (χ0v) is 16.1. The van der Waals surface area contributed by atoms with Gasteiger partial charge < -0.3 is 19.5 Å². The third-order valence-electron chi connectivity index (χ3n) is 3.08. The van der Waals surface area contributed by atoms with Crippen LogP contribution in [0.4, 0.5) is 0 Å². The number of benzene rings is 1. The van der Waals surface area contributed by atoms with Crippen molar-refractivity contribution in [1.29, 1.82) is 0 Å². The van der Waals surface area contributed by atoms with E-state index in [4.69, 9.17) is 14.2 Å². The highest BCUT2D eigenvalue weighted by Crippen LogP contribution is 2.34. The lowest BCUT2D eigenvalue weighted by atomic mass is 10.1. The number of ether oxygens (including phenoxy) is 3. The number of rotatable bonds is 9. The lowest BCUT2D eigenvalue weighted by Gasteiger charge is -2.15. The van der Waals surface area contributed by atoms with E-state index in [2.05, 4.69) is 21.2 Å². The van der Waals surface area contributed by atoms with Gasteiger partial charge in [-0.2, -0.15) is 0 Å². The van der Waals surface area contributed by atoms with E-state index >= 15 is 0 Å². The molecule has 0 bridgehead atoms. The molecule has 0 heterocycles. The molecule has 6 nitrogen and oxygen atoms in total. The van der Waals surface area contributed by atoms with E-state index in [1.165, 1.54) is 0 Å². The van der Waals surface area contributed by atoms with Crippen LogP contribution in [-0.4, -0.2) is 37.7 Å². The summed E-state index contributed by atoms with van der Waals surface area (Å²) in [6, 6.07) is 3.51. The van der Waals surface area contributed by atoms with Crippen LogP contribution in [0.2, 0.25) is 0 Å². The molecule has 0 radical (unpaired) electrons. The first-order valence-corrected chi connectivity index (χ1v) is 8.77. The maximum absolute atomic E-state index is 12.1. The smallest absolute Gasteiger partial charge is 0.311 e. The Morgan fingerprint density at radius 3 is 2.25 bits per heavy atom. The first-order valence-electron chi connectivity index (χ1n) is 7.98. The number of halogens is 1. The Hall–Kier alpha value is -1.76. The summed E-state index contributed by atoms with van der Waals surface area (Å²) >= 11 is 3.43. The van der Waals surface area contributed by atoms with Crippen LogP contribution < -0.4 is 14.8 Å². The second-order valence-corrected chi connectivity index (χ2v) is 5.81. The Labute approximate surface area is 151 Å². The standard InChI is InChI=1S/C17H24BrNO5/c1-5-19-17(21)11(4)24-16(20)9-12-8-14(22-6-2)15(23-7-3)10-13(12)18/h8,10-11H,5-7,9H2,1-4H3,(H,19,21)/t11-/m0/s1. The highest BCUT2D eigenvalue weighted by Gasteiger charge is 2.19. The Morgan fingerprint density at radius 1 is 1.12 bits per heavy atom. The van der Waals surface area contributed by atoms with Crippen molar-refractivity contribution in [3.8, 4) is 11.5 Å². The fraction of sp³-hybridized carbons (Fsp3) is 0.529. The van der Waals surface area contributed by atoms with Gasteiger partial charge in [0.1, 0.15) is 0 Å². The monoisotopic (exact) mass is 401 g/mol. The van der Waals surface area contributed by atoms with Crippen molar-refractivity contribution < 1.29 is 23.8 Å². The van der Waals surface area contributed by atoms with E-state index < -0.39 is 12.1 Å². The third-order valence-corrected chi connectivity index (χ3v) is 3.81. The Bertz CT molecular complexity index is 576. The summed E-state index contributed by atoms with van der Waals surface area (Å²) in [5, 5.41) is 2.61. The van der Waals surface area contributed by atoms with Gasteiger partial charge in [0.2, 0.25) is 0 Å². The first-order chi connectivity index (χ1) is 11.4. The molecule has 1 atom stereocenters. The fourth-order valence-electron chi connectivity index (χ4n) is 2.02. The number of carbonyl (C=O) groups excluding carboxylic acids is 2. The van der Waals surface area contributed by atoms with Crippen LogP contribution in [-0.2, 0) is 20.7 Å². The summed E-state index contributed by atoms with van der Waals surface area (Å²) in [5.41, 5.74) is 0.704. The second kappa shape index (κ2) is 10.2. The van der Waals surface area contributed by atoms with Crippen molar-refractivity contribution >= 4 is 27.8 Å². The normalized spacial score (nSPS) is 11.5. The van der Waals surface area contributed by atoms with E-state index in [9.17, 15) is 9.59 Å². The molecule has 0 aliphatic carbocycles. The summed E-state index contributed by atoms with van der Waals surface area (Å²) in [4.78, 5) is 23.7. The Kier molecular flexibility index (Phi) is 8.60. The van der Waals surface area contributed by atoms with Crippen LogP contribution in [0, 0.1) is 0 Å². The van der Waals surface area contributed by atoms with Gasteiger partial charge in [-0.05, 0) is 45.4 Å². The molecule has 1 aromatic rings. The van der Waals surface area contributed by atoms with Crippen LogP contribution in [0.25, 0.3) is 0 Å². The number of hydrogen-bond acceptors (Lipinski definition) is 5. The van der Waals surface area contributed by atoms with Gasteiger partial charge in [-0.25, -0.2) is 0 Å². The van der Waals surface area contributed by atoms with Gasteiger partial charge in [-0.3, -0.25) is 9.59 Å². The molecule has 1 aromatic carbocycles. The summed E-state index contributed by atoms with van der Waals surface area (Å²) in [7, 11) is 0. The van der Waals surface area contributed by atoms with E-state index in [1.807, 2.05) is 13.8 Å². The predicted octanol–water partition coefficient (Wildman–Crippen LogP) is 2.86. The summed E-state index contributed by atoms with van der Waals surface area (Å²) < 4.78 is 17.0. The average Bonchev–Trinajstić information content (AvgIpc) is 2.52. The molecule has 0 fully saturated rings. The molecule has 1 amide bonds. The van der Waals surface area contributed by atoms with E-state index in [0.29, 0.717) is 36.8 Å². The van der Waals surface area contributed by atoms with Gasteiger partial charge in [0.05, 0.1) is 19.6 Å². The minimum Gasteiger partial charge on any atom is -0.490 e. The van der Waals surface area contributed by atoms with Crippen molar-refractivity contribution in [3.63, 3.8) is 0 Å². The molecule has 24 heavy (non-hydrogen) atoms. The van der Waals surface area contributed by atoms with Gasteiger partial charge in [0.25, 0.3) is 5.91 Å². The topological polar surface area (TPSA) is 73.9 Å². The minimum atomic E-state index is -0.828. The van der Waals surface area contributed by atoms with Crippen LogP contribution in [0.15, 0.2) is 16.6 Å². The summed E-state index contributed by atoms with van der Waals surface area (Å²) in [6.07, 6.45) is -0.804. The molecular weight excluding hydrogens is 378 g/mol. The molecule has 1 rings (SSSR count). The number of esters is 1. The fourth-order valence-corrected chi connectivity index (χ4v) is 2.48. The lowest BCUT2D eigenvalue weighted by Crippen LogP contribution is -2.35. The molecule has 0 spiro atoms. The van der Waals surface area contributed by atoms with Crippen LogP contribution in [0.3, 0.4) is 0 Å². The lowest BCUT2D eigenvalue weighted by molar-refractivity contribution is -0.154. The number of nitrogens with one attached hydrogen (secondary N) is 1. The van der Waals surface area contributed by atoms with Gasteiger partial charge in [0.15, 0.2) is 17.6 Å². The van der Waals surface area contributed by atoms with Crippen molar-refractivity contribution in [2.75, 3.05) is 19.8 Å². The molecule has 0 aliphatic heterocycles. The van der Waals surface area contributed by atoms with Gasteiger partial charge in [0, 0.05) is 11.0 Å².